The van der Waals surface area contributed by atoms with E-state index in [1.165, 1.54) is 0 Å². The normalized spacial score (nSPS) is 17.1. The van der Waals surface area contributed by atoms with E-state index in [1.54, 1.807) is 24.3 Å². The van der Waals surface area contributed by atoms with Crippen LogP contribution in [0.4, 0.5) is 0 Å². The fraction of sp³-hybridized carbons (Fsp3) is 0.500. The molecule has 1 aliphatic rings. The SMILES string of the molecule is CC(C)OC(=O)CCCCCN=C1NS(=O)(=O)c2ccccc21. The molecule has 1 aromatic carbocycles. The molecule has 0 saturated carbocycles. The number of carbonyl (C=O) groups excluding carboxylic acids is 1. The molecule has 1 heterocycles. The van der Waals surface area contributed by atoms with Crippen molar-refractivity contribution in [3.8, 4) is 0 Å². The number of carbonyl (C=O) groups is 1. The molecule has 1 aliphatic heterocycles. The van der Waals surface area contributed by atoms with Crippen molar-refractivity contribution in [2.24, 2.45) is 4.99 Å². The van der Waals surface area contributed by atoms with Gasteiger partial charge in [-0.3, -0.25) is 14.5 Å². The van der Waals surface area contributed by atoms with Gasteiger partial charge in [0.2, 0.25) is 0 Å². The second kappa shape index (κ2) is 7.59. The van der Waals surface area contributed by atoms with E-state index < -0.39 is 10.0 Å². The van der Waals surface area contributed by atoms with Crippen LogP contribution in [0.5, 0.6) is 0 Å². The molecule has 0 aromatic heterocycles. The Kier molecular flexibility index (Phi) is 5.76. The fourth-order valence-electron chi connectivity index (χ4n) is 2.32. The van der Waals surface area contributed by atoms with E-state index in [0.29, 0.717) is 24.4 Å². The first-order valence-electron chi connectivity index (χ1n) is 7.76. The third kappa shape index (κ3) is 4.79. The topological polar surface area (TPSA) is 84.8 Å². The zero-order valence-corrected chi connectivity index (χ0v) is 14.2. The summed E-state index contributed by atoms with van der Waals surface area (Å²) in [5, 5.41) is 0. The number of aliphatic imine (C=N–C) groups is 1. The lowest BCUT2D eigenvalue weighted by molar-refractivity contribution is -0.147. The monoisotopic (exact) mass is 338 g/mol. The van der Waals surface area contributed by atoms with Gasteiger partial charge in [-0.05, 0) is 38.8 Å². The van der Waals surface area contributed by atoms with Gasteiger partial charge < -0.3 is 4.74 Å². The summed E-state index contributed by atoms with van der Waals surface area (Å²) in [5.41, 5.74) is 0.619. The molecule has 1 aromatic rings. The number of benzene rings is 1. The summed E-state index contributed by atoms with van der Waals surface area (Å²) in [4.78, 5) is 16.0. The number of amidine groups is 1. The summed E-state index contributed by atoms with van der Waals surface area (Å²) in [6.07, 6.45) is 2.72. The van der Waals surface area contributed by atoms with Gasteiger partial charge in [-0.1, -0.05) is 18.6 Å². The van der Waals surface area contributed by atoms with Crippen LogP contribution in [-0.4, -0.2) is 32.9 Å². The Labute approximate surface area is 137 Å². The molecule has 0 aliphatic carbocycles. The highest BCUT2D eigenvalue weighted by Crippen LogP contribution is 2.22. The first-order chi connectivity index (χ1) is 10.9. The van der Waals surface area contributed by atoms with Crippen LogP contribution in [0.15, 0.2) is 34.2 Å². The molecule has 0 bridgehead atoms. The Balaban J connectivity index is 1.79. The van der Waals surface area contributed by atoms with Crippen LogP contribution >= 0.6 is 0 Å². The first-order valence-corrected chi connectivity index (χ1v) is 9.24. The molecule has 0 radical (unpaired) electrons. The molecule has 6 nitrogen and oxygen atoms in total. The smallest absolute Gasteiger partial charge is 0.306 e. The van der Waals surface area contributed by atoms with Gasteiger partial charge in [-0.25, -0.2) is 8.42 Å². The number of esters is 1. The lowest BCUT2D eigenvalue weighted by Crippen LogP contribution is -2.22. The van der Waals surface area contributed by atoms with Gasteiger partial charge in [0.15, 0.2) is 0 Å². The fourth-order valence-corrected chi connectivity index (χ4v) is 3.57. The number of sulfonamides is 1. The Morgan fingerprint density at radius 1 is 1.22 bits per heavy atom. The molecule has 0 spiro atoms. The van der Waals surface area contributed by atoms with Crippen molar-refractivity contribution in [2.75, 3.05) is 6.54 Å². The van der Waals surface area contributed by atoms with Crippen LogP contribution in [0.25, 0.3) is 0 Å². The summed E-state index contributed by atoms with van der Waals surface area (Å²) in [6, 6.07) is 6.79. The number of fused-ring (bicyclic) bond motifs is 1. The molecule has 7 heteroatoms. The van der Waals surface area contributed by atoms with Crippen molar-refractivity contribution in [2.45, 2.75) is 50.5 Å². The predicted octanol–water partition coefficient (Wildman–Crippen LogP) is 2.24. The van der Waals surface area contributed by atoms with Gasteiger partial charge in [0.25, 0.3) is 10.0 Å². The minimum absolute atomic E-state index is 0.0793. The van der Waals surface area contributed by atoms with Crippen LogP contribution in [0.1, 0.15) is 45.1 Å². The summed E-state index contributed by atoms with van der Waals surface area (Å²) >= 11 is 0. The van der Waals surface area contributed by atoms with Gasteiger partial charge in [0.05, 0.1) is 11.0 Å². The van der Waals surface area contributed by atoms with Crippen LogP contribution < -0.4 is 4.72 Å². The number of unbranched alkanes of at least 4 members (excludes halogenated alkanes) is 2. The Morgan fingerprint density at radius 3 is 2.70 bits per heavy atom. The minimum atomic E-state index is -3.47. The highest BCUT2D eigenvalue weighted by molar-refractivity contribution is 7.90. The second-order valence-corrected chi connectivity index (χ2v) is 7.33. The van der Waals surface area contributed by atoms with Gasteiger partial charge in [-0.2, -0.15) is 0 Å². The maximum absolute atomic E-state index is 11.9. The Hall–Kier alpha value is -1.89. The lowest BCUT2D eigenvalue weighted by Gasteiger charge is -2.07. The van der Waals surface area contributed by atoms with E-state index >= 15 is 0 Å². The van der Waals surface area contributed by atoms with Crippen LogP contribution in [-0.2, 0) is 19.6 Å². The number of ether oxygens (including phenoxy) is 1. The van der Waals surface area contributed by atoms with E-state index in [-0.39, 0.29) is 17.0 Å². The number of hydrogen-bond acceptors (Lipinski definition) is 5. The third-order valence-electron chi connectivity index (χ3n) is 3.34. The highest BCUT2D eigenvalue weighted by atomic mass is 32.2. The van der Waals surface area contributed by atoms with Crippen LogP contribution in [0, 0.1) is 0 Å². The van der Waals surface area contributed by atoms with Gasteiger partial charge >= 0.3 is 5.97 Å². The Morgan fingerprint density at radius 2 is 1.96 bits per heavy atom. The molecule has 2 rings (SSSR count). The molecule has 0 unspecified atom stereocenters. The average Bonchev–Trinajstić information content (AvgIpc) is 2.74. The maximum atomic E-state index is 11.9. The molecule has 0 atom stereocenters. The van der Waals surface area contributed by atoms with E-state index in [2.05, 4.69) is 9.71 Å². The first kappa shape index (κ1) is 17.5. The number of nitrogens with one attached hydrogen (secondary N) is 1. The minimum Gasteiger partial charge on any atom is -0.463 e. The molecule has 23 heavy (non-hydrogen) atoms. The highest BCUT2D eigenvalue weighted by Gasteiger charge is 2.29. The molecule has 1 N–H and O–H groups in total. The summed E-state index contributed by atoms with van der Waals surface area (Å²) in [5.74, 6) is 0.226. The van der Waals surface area contributed by atoms with Crippen molar-refractivity contribution in [1.82, 2.24) is 4.72 Å². The van der Waals surface area contributed by atoms with Crippen molar-refractivity contribution >= 4 is 21.8 Å². The molecular formula is C16H22N2O4S. The van der Waals surface area contributed by atoms with Crippen LogP contribution in [0.2, 0.25) is 0 Å². The van der Waals surface area contributed by atoms with Gasteiger partial charge in [-0.15, -0.1) is 0 Å². The molecular weight excluding hydrogens is 316 g/mol. The second-order valence-electron chi connectivity index (χ2n) is 5.68. The quantitative estimate of drug-likeness (QED) is 0.610. The van der Waals surface area contributed by atoms with Crippen molar-refractivity contribution in [1.29, 1.82) is 0 Å². The van der Waals surface area contributed by atoms with E-state index in [9.17, 15) is 13.2 Å². The maximum Gasteiger partial charge on any atom is 0.306 e. The summed E-state index contributed by atoms with van der Waals surface area (Å²) in [6.45, 7) is 4.18. The van der Waals surface area contributed by atoms with Crippen molar-refractivity contribution in [3.05, 3.63) is 29.8 Å². The zero-order chi connectivity index (χ0) is 16.9. The standard InChI is InChI=1S/C16H22N2O4S/c1-12(2)22-15(19)10-4-3-7-11-17-16-13-8-5-6-9-14(13)23(20,21)18-16/h5-6,8-9,12H,3-4,7,10-11H2,1-2H3,(H,17,18). The number of hydrogen-bond donors (Lipinski definition) is 1. The average molecular weight is 338 g/mol. The zero-order valence-electron chi connectivity index (χ0n) is 13.4. The van der Waals surface area contributed by atoms with E-state index in [1.807, 2.05) is 13.8 Å². The van der Waals surface area contributed by atoms with Gasteiger partial charge in [0, 0.05) is 18.5 Å². The predicted molar refractivity (Wildman–Crippen MR) is 87.9 cm³/mol. The largest absolute Gasteiger partial charge is 0.463 e. The van der Waals surface area contributed by atoms with Crippen molar-refractivity contribution < 1.29 is 17.9 Å². The Bertz CT molecular complexity index is 696. The van der Waals surface area contributed by atoms with E-state index in [4.69, 9.17) is 4.74 Å². The summed E-state index contributed by atoms with van der Waals surface area (Å²) in [7, 11) is -3.47. The number of rotatable bonds is 7. The molecule has 126 valence electrons. The van der Waals surface area contributed by atoms with Gasteiger partial charge in [0.1, 0.15) is 5.84 Å². The lowest BCUT2D eigenvalue weighted by atomic mass is 10.2. The third-order valence-corrected chi connectivity index (χ3v) is 4.74. The summed E-state index contributed by atoms with van der Waals surface area (Å²) < 4.78 is 31.4. The molecule has 0 fully saturated rings. The molecule has 0 amide bonds. The van der Waals surface area contributed by atoms with Crippen molar-refractivity contribution in [3.63, 3.8) is 0 Å². The number of nitrogens with zero attached hydrogens (tertiary/aromatic N) is 1. The van der Waals surface area contributed by atoms with E-state index in [0.717, 1.165) is 19.3 Å². The molecule has 0 saturated heterocycles. The van der Waals surface area contributed by atoms with Crippen LogP contribution in [0.3, 0.4) is 0 Å².